The molecule has 1 aliphatic heterocycles. The number of carbonyl (C=O) groups is 1. The summed E-state index contributed by atoms with van der Waals surface area (Å²) >= 11 is 5.66. The van der Waals surface area contributed by atoms with Gasteiger partial charge in [0.25, 0.3) is 15.9 Å². The number of amides is 1. The van der Waals surface area contributed by atoms with Crippen LogP contribution in [0, 0.1) is 5.82 Å². The van der Waals surface area contributed by atoms with Gasteiger partial charge in [0.05, 0.1) is 16.5 Å². The van der Waals surface area contributed by atoms with Gasteiger partial charge >= 0.3 is 0 Å². The van der Waals surface area contributed by atoms with Crippen LogP contribution in [0.3, 0.4) is 0 Å². The first-order valence-corrected chi connectivity index (χ1v) is 11.4. The van der Waals surface area contributed by atoms with E-state index in [0.717, 1.165) is 18.2 Å². The second kappa shape index (κ2) is 9.05. The zero-order chi connectivity index (χ0) is 22.7. The Morgan fingerprint density at radius 2 is 1.78 bits per heavy atom. The second-order valence-electron chi connectivity index (χ2n) is 6.97. The number of sulfonamides is 1. The third-order valence-electron chi connectivity index (χ3n) is 4.66. The molecule has 0 bridgehead atoms. The number of ether oxygens (including phenoxy) is 2. The van der Waals surface area contributed by atoms with Crippen molar-refractivity contribution in [3.63, 3.8) is 0 Å². The van der Waals surface area contributed by atoms with Crippen molar-refractivity contribution in [2.45, 2.75) is 11.0 Å². The maximum Gasteiger partial charge on any atom is 0.261 e. The summed E-state index contributed by atoms with van der Waals surface area (Å²) in [6.07, 6.45) is -0.331. The van der Waals surface area contributed by atoms with E-state index in [-0.39, 0.29) is 34.2 Å². The van der Waals surface area contributed by atoms with Crippen molar-refractivity contribution in [1.82, 2.24) is 5.32 Å². The zero-order valence-electron chi connectivity index (χ0n) is 16.5. The number of rotatable bonds is 6. The highest BCUT2D eigenvalue weighted by molar-refractivity contribution is 7.92. The van der Waals surface area contributed by atoms with E-state index >= 15 is 0 Å². The number of para-hydroxylation sites is 2. The van der Waals surface area contributed by atoms with Crippen molar-refractivity contribution >= 4 is 33.2 Å². The summed E-state index contributed by atoms with van der Waals surface area (Å²) in [6.45, 7) is 0.554. The van der Waals surface area contributed by atoms with Crippen LogP contribution < -0.4 is 19.5 Å². The molecule has 0 radical (unpaired) electrons. The van der Waals surface area contributed by atoms with Gasteiger partial charge in [-0.3, -0.25) is 9.52 Å². The number of hydrogen-bond acceptors (Lipinski definition) is 5. The van der Waals surface area contributed by atoms with Crippen molar-refractivity contribution in [3.05, 3.63) is 83.1 Å². The molecule has 4 rings (SSSR count). The highest BCUT2D eigenvalue weighted by Gasteiger charge is 2.21. The Bertz CT molecular complexity index is 1250. The van der Waals surface area contributed by atoms with Crippen LogP contribution in [-0.4, -0.2) is 33.6 Å². The second-order valence-corrected chi connectivity index (χ2v) is 9.06. The predicted octanol–water partition coefficient (Wildman–Crippen LogP) is 3.85. The van der Waals surface area contributed by atoms with Gasteiger partial charge in [0.2, 0.25) is 0 Å². The number of halogens is 2. The summed E-state index contributed by atoms with van der Waals surface area (Å²) in [5.74, 6) is 0.232. The molecular weight excluding hydrogens is 459 g/mol. The van der Waals surface area contributed by atoms with E-state index in [0.29, 0.717) is 23.7 Å². The zero-order valence-corrected chi connectivity index (χ0v) is 18.1. The minimum atomic E-state index is -3.97. The number of nitrogens with one attached hydrogen (secondary N) is 2. The Kier molecular flexibility index (Phi) is 6.20. The number of benzene rings is 3. The first kappa shape index (κ1) is 21.9. The van der Waals surface area contributed by atoms with Crippen molar-refractivity contribution in [2.24, 2.45) is 0 Å². The van der Waals surface area contributed by atoms with Crippen LogP contribution in [-0.2, 0) is 10.0 Å². The van der Waals surface area contributed by atoms with Gasteiger partial charge in [-0.1, -0.05) is 23.7 Å². The molecule has 3 aromatic carbocycles. The van der Waals surface area contributed by atoms with Gasteiger partial charge < -0.3 is 14.8 Å². The Morgan fingerprint density at radius 3 is 2.50 bits per heavy atom. The molecule has 166 valence electrons. The summed E-state index contributed by atoms with van der Waals surface area (Å²) in [4.78, 5) is 12.2. The first-order chi connectivity index (χ1) is 15.3. The molecule has 1 amide bonds. The Hall–Kier alpha value is -3.30. The van der Waals surface area contributed by atoms with E-state index in [9.17, 15) is 17.6 Å². The lowest BCUT2D eigenvalue weighted by atomic mass is 10.2. The summed E-state index contributed by atoms with van der Waals surface area (Å²) in [6, 6.07) is 16.3. The Morgan fingerprint density at radius 1 is 1.06 bits per heavy atom. The molecular formula is C22H18ClFN2O5S. The molecule has 0 spiro atoms. The van der Waals surface area contributed by atoms with E-state index in [1.54, 1.807) is 6.07 Å². The average Bonchev–Trinajstić information content (AvgIpc) is 2.79. The molecule has 1 heterocycles. The molecule has 1 atom stereocenters. The quantitative estimate of drug-likeness (QED) is 0.563. The van der Waals surface area contributed by atoms with Crippen LogP contribution in [0.1, 0.15) is 10.4 Å². The highest BCUT2D eigenvalue weighted by Crippen LogP contribution is 2.30. The lowest BCUT2D eigenvalue weighted by Crippen LogP contribution is -2.40. The predicted molar refractivity (Wildman–Crippen MR) is 117 cm³/mol. The molecule has 0 aliphatic carbocycles. The molecule has 2 N–H and O–H groups in total. The molecule has 32 heavy (non-hydrogen) atoms. The standard InChI is InChI=1S/C22H18ClFN2O5S/c23-18-11-17(9-10-19(18)24)32(28,29)26-15-7-5-14(6-8-15)22(27)25-12-16-13-30-20-3-1-2-4-21(20)31-16/h1-11,16,26H,12-13H2,(H,25,27). The van der Waals surface area contributed by atoms with Gasteiger partial charge in [0, 0.05) is 11.3 Å². The molecule has 1 aliphatic rings. The third kappa shape index (κ3) is 4.95. The van der Waals surface area contributed by atoms with Crippen molar-refractivity contribution < 1.29 is 27.1 Å². The van der Waals surface area contributed by atoms with Gasteiger partial charge in [-0.15, -0.1) is 0 Å². The van der Waals surface area contributed by atoms with Crippen LogP contribution in [0.5, 0.6) is 11.5 Å². The first-order valence-electron chi connectivity index (χ1n) is 9.56. The number of hydrogen-bond donors (Lipinski definition) is 2. The summed E-state index contributed by atoms with van der Waals surface area (Å²) in [7, 11) is -3.97. The average molecular weight is 477 g/mol. The normalized spacial score (nSPS) is 15.1. The van der Waals surface area contributed by atoms with Crippen LogP contribution >= 0.6 is 11.6 Å². The summed E-state index contributed by atoms with van der Waals surface area (Å²) < 4.78 is 52.0. The van der Waals surface area contributed by atoms with Crippen LogP contribution in [0.4, 0.5) is 10.1 Å². The van der Waals surface area contributed by atoms with Gasteiger partial charge in [-0.05, 0) is 54.6 Å². The summed E-state index contributed by atoms with van der Waals surface area (Å²) in [5, 5.41) is 2.48. The minimum absolute atomic E-state index is 0.179. The minimum Gasteiger partial charge on any atom is -0.486 e. The van der Waals surface area contributed by atoms with E-state index < -0.39 is 15.8 Å². The van der Waals surface area contributed by atoms with Crippen molar-refractivity contribution in [1.29, 1.82) is 0 Å². The third-order valence-corrected chi connectivity index (χ3v) is 6.33. The molecule has 7 nitrogen and oxygen atoms in total. The van der Waals surface area contributed by atoms with Crippen molar-refractivity contribution in [3.8, 4) is 11.5 Å². The lowest BCUT2D eigenvalue weighted by Gasteiger charge is -2.26. The van der Waals surface area contributed by atoms with E-state index in [2.05, 4.69) is 10.0 Å². The molecule has 0 saturated carbocycles. The van der Waals surface area contributed by atoms with Gasteiger partial charge in [0.15, 0.2) is 11.5 Å². The van der Waals surface area contributed by atoms with E-state index in [1.165, 1.54) is 24.3 Å². The summed E-state index contributed by atoms with van der Waals surface area (Å²) in [5.41, 5.74) is 0.581. The molecule has 3 aromatic rings. The maximum absolute atomic E-state index is 13.3. The van der Waals surface area contributed by atoms with E-state index in [1.807, 2.05) is 18.2 Å². The Labute approximate surface area is 189 Å². The monoisotopic (exact) mass is 476 g/mol. The van der Waals surface area contributed by atoms with Gasteiger partial charge in [-0.25, -0.2) is 12.8 Å². The highest BCUT2D eigenvalue weighted by atomic mass is 35.5. The molecule has 1 unspecified atom stereocenters. The SMILES string of the molecule is O=C(NCC1COc2ccccc2O1)c1ccc(NS(=O)(=O)c2ccc(F)c(Cl)c2)cc1. The largest absolute Gasteiger partial charge is 0.486 e. The van der Waals surface area contributed by atoms with E-state index in [4.69, 9.17) is 21.1 Å². The fourth-order valence-corrected chi connectivity index (χ4v) is 4.35. The number of carbonyl (C=O) groups excluding carboxylic acids is 1. The molecule has 0 aromatic heterocycles. The van der Waals surface area contributed by atoms with Crippen LogP contribution in [0.15, 0.2) is 71.6 Å². The van der Waals surface area contributed by atoms with Crippen molar-refractivity contribution in [2.75, 3.05) is 17.9 Å². The molecule has 0 saturated heterocycles. The van der Waals surface area contributed by atoms with Gasteiger partial charge in [0.1, 0.15) is 18.5 Å². The number of fused-ring (bicyclic) bond motifs is 1. The Balaban J connectivity index is 1.35. The molecule has 0 fully saturated rings. The fourth-order valence-electron chi connectivity index (χ4n) is 3.02. The van der Waals surface area contributed by atoms with Gasteiger partial charge in [-0.2, -0.15) is 0 Å². The van der Waals surface area contributed by atoms with Crippen LogP contribution in [0.25, 0.3) is 0 Å². The number of anilines is 1. The topological polar surface area (TPSA) is 93.7 Å². The maximum atomic E-state index is 13.3. The smallest absolute Gasteiger partial charge is 0.261 e. The molecule has 10 heteroatoms. The lowest BCUT2D eigenvalue weighted by molar-refractivity contribution is 0.0789. The fraction of sp³-hybridized carbons (Fsp3) is 0.136. The van der Waals surface area contributed by atoms with Crippen LogP contribution in [0.2, 0.25) is 5.02 Å².